The van der Waals surface area contributed by atoms with Gasteiger partial charge in [0.15, 0.2) is 0 Å². The Morgan fingerprint density at radius 3 is 2.82 bits per heavy atom. The molecule has 0 spiro atoms. The fraction of sp³-hybridized carbons (Fsp3) is 0.333. The molecule has 2 amide bonds. The largest absolute Gasteiger partial charge is 0.444 e. The highest BCUT2D eigenvalue weighted by Gasteiger charge is 2.24. The van der Waals surface area contributed by atoms with E-state index in [1.54, 1.807) is 4.90 Å². The predicted octanol–water partition coefficient (Wildman–Crippen LogP) is 3.97. The number of carbonyl (C=O) groups excluding carboxylic acids is 2. The summed E-state index contributed by atoms with van der Waals surface area (Å²) in [6, 6.07) is 7.69. The number of benzene rings is 1. The molecule has 0 fully saturated rings. The van der Waals surface area contributed by atoms with Gasteiger partial charge in [0.2, 0.25) is 0 Å². The van der Waals surface area contributed by atoms with Crippen LogP contribution in [0.1, 0.15) is 48.8 Å². The Labute approximate surface area is 191 Å². The highest BCUT2D eigenvalue weighted by atomic mass is 16.6. The number of rotatable bonds is 3. The summed E-state index contributed by atoms with van der Waals surface area (Å²) >= 11 is 0. The second-order valence-electron chi connectivity index (χ2n) is 9.25. The van der Waals surface area contributed by atoms with Gasteiger partial charge in [-0.1, -0.05) is 6.08 Å². The topological polar surface area (TPSA) is 112 Å². The summed E-state index contributed by atoms with van der Waals surface area (Å²) in [6.07, 6.45) is 3.98. The lowest BCUT2D eigenvalue weighted by Crippen LogP contribution is -2.39. The minimum atomic E-state index is -0.509. The third kappa shape index (κ3) is 4.26. The monoisotopic (exact) mass is 446 g/mol. The van der Waals surface area contributed by atoms with E-state index in [1.807, 2.05) is 51.1 Å². The predicted molar refractivity (Wildman–Crippen MR) is 125 cm³/mol. The van der Waals surface area contributed by atoms with Crippen LogP contribution in [0.15, 0.2) is 36.7 Å². The lowest BCUT2D eigenvalue weighted by atomic mass is 10.1. The van der Waals surface area contributed by atoms with Gasteiger partial charge < -0.3 is 25.3 Å². The number of hydrogen-bond acceptors (Lipinski definition) is 6. The molecule has 0 radical (unpaired) electrons. The maximum absolute atomic E-state index is 12.3. The molecule has 2 aliphatic rings. The molecule has 170 valence electrons. The molecule has 3 N–H and O–H groups in total. The van der Waals surface area contributed by atoms with E-state index < -0.39 is 5.60 Å². The van der Waals surface area contributed by atoms with Crippen molar-refractivity contribution in [1.29, 1.82) is 0 Å². The zero-order valence-electron chi connectivity index (χ0n) is 18.9. The van der Waals surface area contributed by atoms with Crippen molar-refractivity contribution in [3.05, 3.63) is 53.5 Å². The molecule has 9 nitrogen and oxygen atoms in total. The molecule has 5 rings (SSSR count). The molecule has 33 heavy (non-hydrogen) atoms. The number of H-pyrrole nitrogens is 1. The van der Waals surface area contributed by atoms with E-state index in [0.717, 1.165) is 33.6 Å². The normalized spacial score (nSPS) is 15.8. The van der Waals surface area contributed by atoms with Crippen molar-refractivity contribution in [3.63, 3.8) is 0 Å². The number of carbonyl (C=O) groups is 2. The van der Waals surface area contributed by atoms with Crippen LogP contribution in [0.25, 0.3) is 16.6 Å². The number of fused-ring (bicyclic) bond motifs is 2. The third-order valence-electron chi connectivity index (χ3n) is 5.68. The molecule has 1 aromatic carbocycles. The molecule has 0 saturated heterocycles. The minimum Gasteiger partial charge on any atom is -0.444 e. The van der Waals surface area contributed by atoms with Gasteiger partial charge in [-0.3, -0.25) is 4.79 Å². The van der Waals surface area contributed by atoms with E-state index >= 15 is 0 Å². The van der Waals surface area contributed by atoms with E-state index in [9.17, 15) is 9.59 Å². The Morgan fingerprint density at radius 1 is 1.21 bits per heavy atom. The standard InChI is InChI=1S/C24H26N6O3/c1-24(2,3)33-23(32)30-8-6-14(7-9-30)19-11-18-20(26-13-27-21(18)29-19)28-16-4-5-17-15(10-16)12-25-22(17)31/h4-6,10-11,13H,7-9,12H2,1-3H3,(H,25,31)(H2,26,27,28,29). The zero-order valence-corrected chi connectivity index (χ0v) is 18.9. The second-order valence-corrected chi connectivity index (χ2v) is 9.25. The number of amides is 2. The molecule has 2 aromatic heterocycles. The van der Waals surface area contributed by atoms with Crippen molar-refractivity contribution in [2.75, 3.05) is 18.4 Å². The van der Waals surface area contributed by atoms with Crippen molar-refractivity contribution in [1.82, 2.24) is 25.2 Å². The summed E-state index contributed by atoms with van der Waals surface area (Å²) in [7, 11) is 0. The Morgan fingerprint density at radius 2 is 2.06 bits per heavy atom. The van der Waals surface area contributed by atoms with E-state index in [2.05, 4.69) is 25.6 Å². The van der Waals surface area contributed by atoms with Gasteiger partial charge in [0, 0.05) is 36.6 Å². The first-order valence-electron chi connectivity index (χ1n) is 11.0. The lowest BCUT2D eigenvalue weighted by Gasteiger charge is -2.29. The average Bonchev–Trinajstić information content (AvgIpc) is 3.37. The summed E-state index contributed by atoms with van der Waals surface area (Å²) in [4.78, 5) is 38.0. The van der Waals surface area contributed by atoms with Gasteiger partial charge in [-0.25, -0.2) is 14.8 Å². The van der Waals surface area contributed by atoms with Crippen LogP contribution in [0.3, 0.4) is 0 Å². The van der Waals surface area contributed by atoms with Crippen LogP contribution in [0.5, 0.6) is 0 Å². The number of aromatic nitrogens is 3. The molecule has 9 heteroatoms. The number of aromatic amines is 1. The quantitative estimate of drug-likeness (QED) is 0.561. The second kappa shape index (κ2) is 7.91. The lowest BCUT2D eigenvalue weighted by molar-refractivity contribution is 0.0270. The highest BCUT2D eigenvalue weighted by Crippen LogP contribution is 2.30. The molecular weight excluding hydrogens is 420 g/mol. The Bertz CT molecular complexity index is 1290. The third-order valence-corrected chi connectivity index (χ3v) is 5.68. The van der Waals surface area contributed by atoms with Crippen molar-refractivity contribution >= 4 is 40.1 Å². The first-order chi connectivity index (χ1) is 15.8. The first kappa shape index (κ1) is 21.0. The van der Waals surface area contributed by atoms with Crippen LogP contribution in [-0.4, -0.2) is 50.5 Å². The molecule has 0 saturated carbocycles. The summed E-state index contributed by atoms with van der Waals surface area (Å²) in [5.74, 6) is 0.647. The molecule has 0 atom stereocenters. The molecule has 0 aliphatic carbocycles. The van der Waals surface area contributed by atoms with Crippen molar-refractivity contribution < 1.29 is 14.3 Å². The van der Waals surface area contributed by atoms with Gasteiger partial charge in [0.05, 0.1) is 5.39 Å². The van der Waals surface area contributed by atoms with Crippen LogP contribution in [0.2, 0.25) is 0 Å². The summed E-state index contributed by atoms with van der Waals surface area (Å²) in [6.45, 7) is 7.23. The fourth-order valence-corrected chi connectivity index (χ4v) is 4.07. The van der Waals surface area contributed by atoms with Crippen LogP contribution in [-0.2, 0) is 11.3 Å². The van der Waals surface area contributed by atoms with Gasteiger partial charge in [-0.2, -0.15) is 0 Å². The number of hydrogen-bond donors (Lipinski definition) is 3. The maximum atomic E-state index is 12.3. The van der Waals surface area contributed by atoms with Crippen LogP contribution in [0.4, 0.5) is 16.3 Å². The van der Waals surface area contributed by atoms with Gasteiger partial charge >= 0.3 is 6.09 Å². The molecular formula is C24H26N6O3. The van der Waals surface area contributed by atoms with Crippen molar-refractivity contribution in [3.8, 4) is 0 Å². The van der Waals surface area contributed by atoms with Gasteiger partial charge in [-0.15, -0.1) is 0 Å². The van der Waals surface area contributed by atoms with Crippen LogP contribution >= 0.6 is 0 Å². The zero-order chi connectivity index (χ0) is 23.2. The highest BCUT2D eigenvalue weighted by molar-refractivity contribution is 5.99. The SMILES string of the molecule is CC(C)(C)OC(=O)N1CC=C(c2cc3c(Nc4ccc5c(c4)CNC5=O)ncnc3[nH]2)CC1. The van der Waals surface area contributed by atoms with Crippen molar-refractivity contribution in [2.24, 2.45) is 0 Å². The molecule has 3 aromatic rings. The van der Waals surface area contributed by atoms with E-state index in [0.29, 0.717) is 37.4 Å². The van der Waals surface area contributed by atoms with Crippen LogP contribution in [0, 0.1) is 0 Å². The van der Waals surface area contributed by atoms with Gasteiger partial charge in [-0.05, 0) is 62.6 Å². The Balaban J connectivity index is 1.35. The summed E-state index contributed by atoms with van der Waals surface area (Å²) in [5.41, 5.74) is 4.84. The smallest absolute Gasteiger partial charge is 0.410 e. The molecule has 0 bridgehead atoms. The number of nitrogens with zero attached hydrogens (tertiary/aromatic N) is 3. The maximum Gasteiger partial charge on any atom is 0.410 e. The average molecular weight is 447 g/mol. The number of anilines is 2. The van der Waals surface area contributed by atoms with E-state index in [-0.39, 0.29) is 12.0 Å². The minimum absolute atomic E-state index is 0.0396. The van der Waals surface area contributed by atoms with Gasteiger partial charge in [0.1, 0.15) is 23.4 Å². The first-order valence-corrected chi connectivity index (χ1v) is 11.0. The molecule has 4 heterocycles. The Kier molecular flexibility index (Phi) is 5.03. The fourth-order valence-electron chi connectivity index (χ4n) is 4.07. The molecule has 0 unspecified atom stereocenters. The van der Waals surface area contributed by atoms with E-state index in [4.69, 9.17) is 4.74 Å². The summed E-state index contributed by atoms with van der Waals surface area (Å²) in [5, 5.41) is 7.06. The number of ether oxygens (including phenoxy) is 1. The summed E-state index contributed by atoms with van der Waals surface area (Å²) < 4.78 is 5.47. The van der Waals surface area contributed by atoms with Crippen molar-refractivity contribution in [2.45, 2.75) is 39.3 Å². The van der Waals surface area contributed by atoms with E-state index in [1.165, 1.54) is 6.33 Å². The van der Waals surface area contributed by atoms with Gasteiger partial charge in [0.25, 0.3) is 5.91 Å². The Hall–Kier alpha value is -3.88. The number of nitrogens with one attached hydrogen (secondary N) is 3. The van der Waals surface area contributed by atoms with Crippen LogP contribution < -0.4 is 10.6 Å². The molecule has 2 aliphatic heterocycles.